The molecule has 0 bridgehead atoms. The van der Waals surface area contributed by atoms with E-state index in [0.29, 0.717) is 16.1 Å². The zero-order valence-electron chi connectivity index (χ0n) is 19.4. The number of nitro groups is 1. The van der Waals surface area contributed by atoms with Crippen LogP contribution >= 0.6 is 11.6 Å². The molecule has 0 aromatic heterocycles. The van der Waals surface area contributed by atoms with Gasteiger partial charge in [-0.2, -0.15) is 9.41 Å². The van der Waals surface area contributed by atoms with Crippen molar-refractivity contribution in [1.29, 1.82) is 0 Å². The standard InChI is InChI=1S/C24H23ClN4O6S/c1-17-7-10-20(11-8-17)36(33,34)28(15-19-5-3-4-6-21(19)25)16-24(30)27-26-14-18-9-12-23(35-2)22(13-18)29(31)32/h3-14H,15-16H2,1-2H3,(H,27,30)/b26-14-. The van der Waals surface area contributed by atoms with Gasteiger partial charge in [0.25, 0.3) is 5.91 Å². The summed E-state index contributed by atoms with van der Waals surface area (Å²) in [6.07, 6.45) is 1.21. The largest absolute Gasteiger partial charge is 0.490 e. The summed E-state index contributed by atoms with van der Waals surface area (Å²) < 4.78 is 32.6. The second kappa shape index (κ2) is 11.8. The number of halogens is 1. The van der Waals surface area contributed by atoms with Crippen molar-refractivity contribution in [3.63, 3.8) is 0 Å². The molecule has 0 heterocycles. The molecule has 12 heteroatoms. The summed E-state index contributed by atoms with van der Waals surface area (Å²) in [5, 5.41) is 15.3. The number of hydrogen-bond acceptors (Lipinski definition) is 7. The number of sulfonamides is 1. The molecule has 0 fully saturated rings. The smallest absolute Gasteiger partial charge is 0.311 e. The third-order valence-corrected chi connectivity index (χ3v) is 7.26. The fraction of sp³-hybridized carbons (Fsp3) is 0.167. The van der Waals surface area contributed by atoms with E-state index in [-0.39, 0.29) is 22.9 Å². The van der Waals surface area contributed by atoms with Crippen LogP contribution in [-0.2, 0) is 21.4 Å². The average Bonchev–Trinajstić information content (AvgIpc) is 2.85. The summed E-state index contributed by atoms with van der Waals surface area (Å²) in [6.45, 7) is 1.15. The molecule has 3 aromatic rings. The van der Waals surface area contributed by atoms with Crippen LogP contribution in [0, 0.1) is 17.0 Å². The van der Waals surface area contributed by atoms with Crippen LogP contribution in [0.2, 0.25) is 5.02 Å². The number of ether oxygens (including phenoxy) is 1. The minimum absolute atomic E-state index is 0.0296. The van der Waals surface area contributed by atoms with E-state index in [9.17, 15) is 23.3 Å². The van der Waals surface area contributed by atoms with E-state index < -0.39 is 27.4 Å². The van der Waals surface area contributed by atoms with Crippen molar-refractivity contribution >= 4 is 39.4 Å². The van der Waals surface area contributed by atoms with Gasteiger partial charge in [-0.05, 0) is 42.8 Å². The molecule has 0 aliphatic rings. The maximum absolute atomic E-state index is 13.3. The number of amides is 1. The lowest BCUT2D eigenvalue weighted by atomic mass is 10.2. The van der Waals surface area contributed by atoms with E-state index in [1.54, 1.807) is 36.4 Å². The number of hydrazone groups is 1. The van der Waals surface area contributed by atoms with Crippen LogP contribution in [0.25, 0.3) is 0 Å². The van der Waals surface area contributed by atoms with E-state index in [1.807, 2.05) is 6.92 Å². The normalized spacial score (nSPS) is 11.6. The number of hydrogen-bond donors (Lipinski definition) is 1. The van der Waals surface area contributed by atoms with Gasteiger partial charge in [0, 0.05) is 23.2 Å². The Morgan fingerprint density at radius 2 is 1.86 bits per heavy atom. The molecule has 0 atom stereocenters. The van der Waals surface area contributed by atoms with Gasteiger partial charge in [-0.15, -0.1) is 0 Å². The van der Waals surface area contributed by atoms with Gasteiger partial charge in [0.15, 0.2) is 5.75 Å². The molecule has 188 valence electrons. The number of rotatable bonds is 10. The molecule has 1 amide bonds. The molecular formula is C24H23ClN4O6S. The number of carbonyl (C=O) groups is 1. The first-order valence-electron chi connectivity index (χ1n) is 10.6. The van der Waals surface area contributed by atoms with E-state index in [2.05, 4.69) is 10.5 Å². The predicted octanol–water partition coefficient (Wildman–Crippen LogP) is 3.91. The zero-order chi connectivity index (χ0) is 26.3. The molecule has 3 rings (SSSR count). The number of nitrogens with zero attached hydrogens (tertiary/aromatic N) is 3. The molecule has 0 radical (unpaired) electrons. The highest BCUT2D eigenvalue weighted by molar-refractivity contribution is 7.89. The Bertz CT molecular complexity index is 1390. The van der Waals surface area contributed by atoms with Gasteiger partial charge in [-0.3, -0.25) is 14.9 Å². The van der Waals surface area contributed by atoms with Gasteiger partial charge in [0.1, 0.15) is 0 Å². The van der Waals surface area contributed by atoms with Crippen molar-refractivity contribution in [2.45, 2.75) is 18.4 Å². The summed E-state index contributed by atoms with van der Waals surface area (Å²) in [7, 11) is -2.74. The van der Waals surface area contributed by atoms with Gasteiger partial charge in [-0.1, -0.05) is 47.5 Å². The van der Waals surface area contributed by atoms with Gasteiger partial charge in [-0.25, -0.2) is 13.8 Å². The number of aryl methyl sites for hydroxylation is 1. The van der Waals surface area contributed by atoms with Crippen LogP contribution in [-0.4, -0.2) is 43.4 Å². The number of benzene rings is 3. The molecule has 0 aliphatic carbocycles. The van der Waals surface area contributed by atoms with Gasteiger partial charge in [0.2, 0.25) is 10.0 Å². The summed E-state index contributed by atoms with van der Waals surface area (Å²) in [5.41, 5.74) is 3.75. The monoisotopic (exact) mass is 530 g/mol. The van der Waals surface area contributed by atoms with Crippen LogP contribution in [0.3, 0.4) is 0 Å². The Labute approximate surface area is 213 Å². The summed E-state index contributed by atoms with van der Waals surface area (Å²) in [4.78, 5) is 23.2. The Morgan fingerprint density at radius 3 is 2.50 bits per heavy atom. The predicted molar refractivity (Wildman–Crippen MR) is 136 cm³/mol. The molecular weight excluding hydrogens is 508 g/mol. The number of nitrogens with one attached hydrogen (secondary N) is 1. The molecule has 36 heavy (non-hydrogen) atoms. The maximum Gasteiger partial charge on any atom is 0.311 e. The average molecular weight is 531 g/mol. The van der Waals surface area contributed by atoms with Crippen molar-refractivity contribution in [3.8, 4) is 5.75 Å². The second-order valence-electron chi connectivity index (χ2n) is 7.66. The second-order valence-corrected chi connectivity index (χ2v) is 10.0. The topological polar surface area (TPSA) is 131 Å². The Morgan fingerprint density at radius 1 is 1.17 bits per heavy atom. The number of carbonyl (C=O) groups excluding carboxylic acids is 1. The van der Waals surface area contributed by atoms with Crippen molar-refractivity contribution in [2.24, 2.45) is 5.10 Å². The van der Waals surface area contributed by atoms with Crippen LogP contribution < -0.4 is 10.2 Å². The minimum Gasteiger partial charge on any atom is -0.490 e. The Kier molecular flexibility index (Phi) is 8.75. The molecule has 0 spiro atoms. The first-order chi connectivity index (χ1) is 17.1. The summed E-state index contributed by atoms with van der Waals surface area (Å²) in [6, 6.07) is 17.2. The lowest BCUT2D eigenvalue weighted by Crippen LogP contribution is -2.39. The Hall–Kier alpha value is -3.80. The molecule has 1 N–H and O–H groups in total. The zero-order valence-corrected chi connectivity index (χ0v) is 21.0. The molecule has 10 nitrogen and oxygen atoms in total. The first-order valence-corrected chi connectivity index (χ1v) is 12.4. The molecule has 0 unspecified atom stereocenters. The van der Waals surface area contributed by atoms with Crippen molar-refractivity contribution in [3.05, 3.63) is 98.6 Å². The highest BCUT2D eigenvalue weighted by Gasteiger charge is 2.27. The highest BCUT2D eigenvalue weighted by Crippen LogP contribution is 2.27. The van der Waals surface area contributed by atoms with Gasteiger partial charge >= 0.3 is 5.69 Å². The number of methoxy groups -OCH3 is 1. The van der Waals surface area contributed by atoms with Crippen LogP contribution in [0.1, 0.15) is 16.7 Å². The maximum atomic E-state index is 13.3. The molecule has 0 aliphatic heterocycles. The quantitative estimate of drug-likeness (QED) is 0.240. The fourth-order valence-corrected chi connectivity index (χ4v) is 4.78. The third kappa shape index (κ3) is 6.66. The van der Waals surface area contributed by atoms with Crippen molar-refractivity contribution < 1.29 is 22.9 Å². The SMILES string of the molecule is COc1ccc(/C=N\NC(=O)CN(Cc2ccccc2Cl)S(=O)(=O)c2ccc(C)cc2)cc1[N+](=O)[O-]. The lowest BCUT2D eigenvalue weighted by molar-refractivity contribution is -0.385. The van der Waals surface area contributed by atoms with Crippen molar-refractivity contribution in [1.82, 2.24) is 9.73 Å². The number of nitro benzene ring substituents is 1. The first kappa shape index (κ1) is 26.8. The van der Waals surface area contributed by atoms with E-state index >= 15 is 0 Å². The van der Waals surface area contributed by atoms with Crippen LogP contribution in [0.15, 0.2) is 76.7 Å². The van der Waals surface area contributed by atoms with Crippen LogP contribution in [0.4, 0.5) is 5.69 Å². The van der Waals surface area contributed by atoms with Gasteiger partial charge < -0.3 is 4.74 Å². The summed E-state index contributed by atoms with van der Waals surface area (Å²) in [5.74, 6) is -0.630. The summed E-state index contributed by atoms with van der Waals surface area (Å²) >= 11 is 6.23. The van der Waals surface area contributed by atoms with Gasteiger partial charge in [0.05, 0.1) is 29.7 Å². The third-order valence-electron chi connectivity index (χ3n) is 5.09. The van der Waals surface area contributed by atoms with E-state index in [4.69, 9.17) is 16.3 Å². The highest BCUT2D eigenvalue weighted by atomic mass is 35.5. The van der Waals surface area contributed by atoms with Crippen LogP contribution in [0.5, 0.6) is 5.75 Å². The Balaban J connectivity index is 1.80. The molecule has 0 saturated carbocycles. The molecule has 3 aromatic carbocycles. The van der Waals surface area contributed by atoms with E-state index in [0.717, 1.165) is 9.87 Å². The fourth-order valence-electron chi connectivity index (χ4n) is 3.21. The molecule has 0 saturated heterocycles. The lowest BCUT2D eigenvalue weighted by Gasteiger charge is -2.22. The van der Waals surface area contributed by atoms with Crippen molar-refractivity contribution in [2.75, 3.05) is 13.7 Å². The van der Waals surface area contributed by atoms with E-state index in [1.165, 1.54) is 43.7 Å². The minimum atomic E-state index is -4.05.